The molecule has 2 heterocycles. The van der Waals surface area contributed by atoms with Crippen molar-refractivity contribution in [3.8, 4) is 11.3 Å². The Morgan fingerprint density at radius 1 is 1.11 bits per heavy atom. The molecular weight excluding hydrogens is 352 g/mol. The van der Waals surface area contributed by atoms with Crippen molar-refractivity contribution < 1.29 is 14.3 Å². The number of pyridine rings is 1. The summed E-state index contributed by atoms with van der Waals surface area (Å²) in [6.45, 7) is 3.74. The quantitative estimate of drug-likeness (QED) is 0.698. The fourth-order valence-electron chi connectivity index (χ4n) is 4.12. The lowest BCUT2D eigenvalue weighted by atomic mass is 9.77. The van der Waals surface area contributed by atoms with E-state index in [2.05, 4.69) is 10.3 Å². The van der Waals surface area contributed by atoms with Crippen LogP contribution in [-0.2, 0) is 0 Å². The Morgan fingerprint density at radius 3 is 2.50 bits per heavy atom. The van der Waals surface area contributed by atoms with Crippen molar-refractivity contribution in [3.05, 3.63) is 54.4 Å². The van der Waals surface area contributed by atoms with E-state index in [4.69, 9.17) is 4.42 Å². The number of carbonyl (C=O) groups is 1. The normalized spacial score (nSPS) is 20.2. The third-order valence-electron chi connectivity index (χ3n) is 5.86. The van der Waals surface area contributed by atoms with Crippen LogP contribution in [0.2, 0.25) is 0 Å². The molecule has 0 unspecified atom stereocenters. The van der Waals surface area contributed by atoms with E-state index >= 15 is 0 Å². The van der Waals surface area contributed by atoms with E-state index in [0.717, 1.165) is 47.9 Å². The molecule has 1 fully saturated rings. The average molecular weight is 378 g/mol. The summed E-state index contributed by atoms with van der Waals surface area (Å²) in [5, 5.41) is 14.3. The van der Waals surface area contributed by atoms with E-state index < -0.39 is 5.60 Å². The van der Waals surface area contributed by atoms with Crippen molar-refractivity contribution in [1.82, 2.24) is 10.3 Å². The Kier molecular flexibility index (Phi) is 4.94. The van der Waals surface area contributed by atoms with Crippen LogP contribution in [0.15, 0.2) is 53.3 Å². The zero-order valence-corrected chi connectivity index (χ0v) is 16.3. The SMILES string of the molecule is CC(C)(O)[C@H]1CC[C@@H](NC(=O)c2ccc(-c3nccc4occc34)cc2)CC1. The van der Waals surface area contributed by atoms with Gasteiger partial charge in [-0.05, 0) is 69.7 Å². The molecule has 5 nitrogen and oxygen atoms in total. The molecule has 2 N–H and O–H groups in total. The molecule has 1 saturated carbocycles. The van der Waals surface area contributed by atoms with Gasteiger partial charge in [-0.3, -0.25) is 9.78 Å². The van der Waals surface area contributed by atoms with E-state index in [1.54, 1.807) is 12.5 Å². The van der Waals surface area contributed by atoms with Gasteiger partial charge in [0.1, 0.15) is 5.58 Å². The summed E-state index contributed by atoms with van der Waals surface area (Å²) in [5.41, 5.74) is 2.61. The Balaban J connectivity index is 1.42. The molecule has 4 rings (SSSR count). The lowest BCUT2D eigenvalue weighted by Crippen LogP contribution is -2.41. The molecule has 1 amide bonds. The molecule has 1 aliphatic rings. The first-order valence-corrected chi connectivity index (χ1v) is 9.88. The molecule has 1 aromatic carbocycles. The van der Waals surface area contributed by atoms with E-state index in [1.807, 2.05) is 50.2 Å². The highest BCUT2D eigenvalue weighted by Crippen LogP contribution is 2.32. The van der Waals surface area contributed by atoms with Crippen molar-refractivity contribution >= 4 is 16.9 Å². The fraction of sp³-hybridized carbons (Fsp3) is 0.391. The average Bonchev–Trinajstić information content (AvgIpc) is 3.17. The molecule has 0 radical (unpaired) electrons. The third kappa shape index (κ3) is 3.80. The van der Waals surface area contributed by atoms with Crippen LogP contribution < -0.4 is 5.32 Å². The summed E-state index contributed by atoms with van der Waals surface area (Å²) in [4.78, 5) is 17.1. The van der Waals surface area contributed by atoms with E-state index in [-0.39, 0.29) is 11.9 Å². The first-order valence-electron chi connectivity index (χ1n) is 9.88. The monoisotopic (exact) mass is 378 g/mol. The molecule has 0 spiro atoms. The number of fused-ring (bicyclic) bond motifs is 1. The number of rotatable bonds is 4. The second-order valence-electron chi connectivity index (χ2n) is 8.24. The molecule has 3 aromatic rings. The first-order chi connectivity index (χ1) is 13.4. The van der Waals surface area contributed by atoms with Crippen LogP contribution in [0.1, 0.15) is 49.9 Å². The number of hydrogen-bond acceptors (Lipinski definition) is 4. The van der Waals surface area contributed by atoms with Crippen LogP contribution in [0, 0.1) is 5.92 Å². The lowest BCUT2D eigenvalue weighted by molar-refractivity contribution is -0.00257. The van der Waals surface area contributed by atoms with Crippen molar-refractivity contribution in [2.75, 3.05) is 0 Å². The maximum atomic E-state index is 12.6. The van der Waals surface area contributed by atoms with Crippen LogP contribution >= 0.6 is 0 Å². The van der Waals surface area contributed by atoms with Crippen LogP contribution in [0.3, 0.4) is 0 Å². The second-order valence-corrected chi connectivity index (χ2v) is 8.24. The fourth-order valence-corrected chi connectivity index (χ4v) is 4.12. The van der Waals surface area contributed by atoms with Crippen molar-refractivity contribution in [2.45, 2.75) is 51.2 Å². The summed E-state index contributed by atoms with van der Waals surface area (Å²) < 4.78 is 5.44. The predicted molar refractivity (Wildman–Crippen MR) is 109 cm³/mol. The summed E-state index contributed by atoms with van der Waals surface area (Å²) in [6, 6.07) is 11.5. The molecule has 2 aromatic heterocycles. The second kappa shape index (κ2) is 7.40. The largest absolute Gasteiger partial charge is 0.464 e. The van der Waals surface area contributed by atoms with Crippen molar-refractivity contribution in [3.63, 3.8) is 0 Å². The summed E-state index contributed by atoms with van der Waals surface area (Å²) >= 11 is 0. The molecule has 0 atom stereocenters. The number of amides is 1. The molecule has 0 saturated heterocycles. The Morgan fingerprint density at radius 2 is 1.82 bits per heavy atom. The molecule has 0 aliphatic heterocycles. The highest BCUT2D eigenvalue weighted by molar-refractivity contribution is 5.96. The van der Waals surface area contributed by atoms with Gasteiger partial charge >= 0.3 is 0 Å². The number of furan rings is 1. The molecular formula is C23H26N2O3. The van der Waals surface area contributed by atoms with Crippen LogP contribution in [0.4, 0.5) is 0 Å². The summed E-state index contributed by atoms with van der Waals surface area (Å²) in [6.07, 6.45) is 7.08. The van der Waals surface area contributed by atoms with Gasteiger partial charge in [-0.1, -0.05) is 12.1 Å². The summed E-state index contributed by atoms with van der Waals surface area (Å²) in [7, 11) is 0. The van der Waals surface area contributed by atoms with Gasteiger partial charge in [-0.15, -0.1) is 0 Å². The van der Waals surface area contributed by atoms with Gasteiger partial charge < -0.3 is 14.8 Å². The van der Waals surface area contributed by atoms with Crippen molar-refractivity contribution in [2.24, 2.45) is 5.92 Å². The first kappa shape index (κ1) is 18.7. The Labute approximate surface area is 164 Å². The number of hydrogen-bond donors (Lipinski definition) is 2. The number of aliphatic hydroxyl groups is 1. The van der Waals surface area contributed by atoms with Crippen LogP contribution in [0.5, 0.6) is 0 Å². The minimum Gasteiger partial charge on any atom is -0.464 e. The maximum absolute atomic E-state index is 12.6. The minimum absolute atomic E-state index is 0.0484. The van der Waals surface area contributed by atoms with E-state index in [0.29, 0.717) is 11.5 Å². The molecule has 0 bridgehead atoms. The van der Waals surface area contributed by atoms with Crippen LogP contribution in [0.25, 0.3) is 22.2 Å². The number of benzene rings is 1. The molecule has 5 heteroatoms. The maximum Gasteiger partial charge on any atom is 0.251 e. The zero-order chi connectivity index (χ0) is 19.7. The standard InChI is InChI=1S/C23H26N2O3/c1-23(2,27)17-7-9-18(10-8-17)25-22(26)16-5-3-15(4-6-16)21-19-12-14-28-20(19)11-13-24-21/h3-6,11-14,17-18,27H,7-10H2,1-2H3,(H,25,26)/t17-,18+. The molecule has 1 aliphatic carbocycles. The number of carbonyl (C=O) groups excluding carboxylic acids is 1. The minimum atomic E-state index is -0.642. The molecule has 146 valence electrons. The summed E-state index contributed by atoms with van der Waals surface area (Å²) in [5.74, 6) is 0.255. The van der Waals surface area contributed by atoms with Crippen LogP contribution in [-0.4, -0.2) is 27.6 Å². The lowest BCUT2D eigenvalue weighted by Gasteiger charge is -2.36. The van der Waals surface area contributed by atoms with Crippen molar-refractivity contribution in [1.29, 1.82) is 0 Å². The topological polar surface area (TPSA) is 75.4 Å². The number of nitrogens with one attached hydrogen (secondary N) is 1. The van der Waals surface area contributed by atoms with Gasteiger partial charge in [-0.25, -0.2) is 0 Å². The van der Waals surface area contributed by atoms with E-state index in [9.17, 15) is 9.90 Å². The van der Waals surface area contributed by atoms with Gasteiger partial charge in [-0.2, -0.15) is 0 Å². The Hall–Kier alpha value is -2.66. The third-order valence-corrected chi connectivity index (χ3v) is 5.86. The Bertz CT molecular complexity index is 961. The predicted octanol–water partition coefficient (Wildman–Crippen LogP) is 4.55. The van der Waals surface area contributed by atoms with Gasteiger partial charge in [0.05, 0.1) is 17.6 Å². The van der Waals surface area contributed by atoms with E-state index in [1.165, 1.54) is 0 Å². The van der Waals surface area contributed by atoms with Gasteiger partial charge in [0, 0.05) is 28.8 Å². The smallest absolute Gasteiger partial charge is 0.251 e. The van der Waals surface area contributed by atoms with Gasteiger partial charge in [0.2, 0.25) is 0 Å². The van der Waals surface area contributed by atoms with Gasteiger partial charge in [0.25, 0.3) is 5.91 Å². The highest BCUT2D eigenvalue weighted by Gasteiger charge is 2.31. The highest BCUT2D eigenvalue weighted by atomic mass is 16.3. The number of aromatic nitrogens is 1. The number of nitrogens with zero attached hydrogens (tertiary/aromatic N) is 1. The zero-order valence-electron chi connectivity index (χ0n) is 16.3. The molecule has 28 heavy (non-hydrogen) atoms. The van der Waals surface area contributed by atoms with Gasteiger partial charge in [0.15, 0.2) is 0 Å².